The van der Waals surface area contributed by atoms with Crippen molar-refractivity contribution in [2.45, 2.75) is 51.6 Å². The van der Waals surface area contributed by atoms with Crippen LogP contribution in [0, 0.1) is 13.8 Å². The Kier molecular flexibility index (Phi) is 3.85. The molecule has 3 nitrogen and oxygen atoms in total. The molecule has 3 rings (SSSR count). The van der Waals surface area contributed by atoms with Gasteiger partial charge in [0.1, 0.15) is 0 Å². The number of rotatable bonds is 4. The first-order valence-corrected chi connectivity index (χ1v) is 7.85. The summed E-state index contributed by atoms with van der Waals surface area (Å²) in [5.74, 6) is 0.726. The molecule has 0 radical (unpaired) electrons. The Morgan fingerprint density at radius 2 is 2.05 bits per heavy atom. The summed E-state index contributed by atoms with van der Waals surface area (Å²) >= 11 is 0. The molecule has 1 saturated carbocycles. The van der Waals surface area contributed by atoms with Crippen LogP contribution in [-0.4, -0.2) is 15.8 Å². The summed E-state index contributed by atoms with van der Waals surface area (Å²) in [5, 5.41) is 8.09. The van der Waals surface area contributed by atoms with Crippen molar-refractivity contribution in [1.82, 2.24) is 15.1 Å². The molecule has 2 aromatic rings. The van der Waals surface area contributed by atoms with Gasteiger partial charge in [0.25, 0.3) is 0 Å². The zero-order chi connectivity index (χ0) is 15.0. The first-order chi connectivity index (χ1) is 10.0. The first-order valence-electron chi connectivity index (χ1n) is 7.85. The molecule has 0 saturated heterocycles. The molecule has 21 heavy (non-hydrogen) atoms. The van der Waals surface area contributed by atoms with Gasteiger partial charge < -0.3 is 5.32 Å². The van der Waals surface area contributed by atoms with Crippen molar-refractivity contribution in [3.63, 3.8) is 0 Å². The summed E-state index contributed by atoms with van der Waals surface area (Å²) in [4.78, 5) is 0. The highest BCUT2D eigenvalue weighted by molar-refractivity contribution is 5.28. The average Bonchev–Trinajstić information content (AvgIpc) is 2.73. The summed E-state index contributed by atoms with van der Waals surface area (Å²) in [6.07, 6.45) is 4.48. The third-order valence-electron chi connectivity index (χ3n) is 4.88. The van der Waals surface area contributed by atoms with Crippen LogP contribution in [0.15, 0.2) is 30.5 Å². The third kappa shape index (κ3) is 2.88. The molecule has 1 atom stereocenters. The van der Waals surface area contributed by atoms with Crippen LogP contribution >= 0.6 is 0 Å². The molecule has 0 amide bonds. The number of hydrogen-bond donors (Lipinski definition) is 1. The Balaban J connectivity index is 1.56. The van der Waals surface area contributed by atoms with Gasteiger partial charge in [-0.3, -0.25) is 4.68 Å². The van der Waals surface area contributed by atoms with Crippen LogP contribution in [-0.2, 0) is 7.05 Å². The van der Waals surface area contributed by atoms with Crippen molar-refractivity contribution in [3.05, 3.63) is 52.8 Å². The van der Waals surface area contributed by atoms with Gasteiger partial charge in [0, 0.05) is 30.4 Å². The molecule has 1 fully saturated rings. The number of aryl methyl sites for hydroxylation is 2. The molecular formula is C18H25N3. The van der Waals surface area contributed by atoms with Crippen LogP contribution in [0.5, 0.6) is 0 Å². The van der Waals surface area contributed by atoms with E-state index in [1.807, 2.05) is 17.9 Å². The number of aromatic nitrogens is 2. The topological polar surface area (TPSA) is 29.9 Å². The van der Waals surface area contributed by atoms with E-state index >= 15 is 0 Å². The van der Waals surface area contributed by atoms with Crippen LogP contribution in [0.3, 0.4) is 0 Å². The van der Waals surface area contributed by atoms with Gasteiger partial charge in [-0.15, -0.1) is 0 Å². The molecule has 0 bridgehead atoms. The second-order valence-electron chi connectivity index (χ2n) is 6.48. The minimum atomic E-state index is 0.377. The lowest BCUT2D eigenvalue weighted by Crippen LogP contribution is -2.41. The maximum Gasteiger partial charge on any atom is 0.0540 e. The maximum absolute atomic E-state index is 4.34. The van der Waals surface area contributed by atoms with Crippen molar-refractivity contribution < 1.29 is 0 Å². The summed E-state index contributed by atoms with van der Waals surface area (Å²) in [6.45, 7) is 6.55. The molecule has 3 heteroatoms. The molecule has 1 heterocycles. The van der Waals surface area contributed by atoms with E-state index in [1.165, 1.54) is 35.2 Å². The van der Waals surface area contributed by atoms with Crippen molar-refractivity contribution in [2.24, 2.45) is 7.05 Å². The highest BCUT2D eigenvalue weighted by Crippen LogP contribution is 2.38. The summed E-state index contributed by atoms with van der Waals surface area (Å²) in [7, 11) is 2.00. The first kappa shape index (κ1) is 14.3. The van der Waals surface area contributed by atoms with Crippen molar-refractivity contribution in [3.8, 4) is 0 Å². The molecule has 1 unspecified atom stereocenters. The number of hydrogen-bond acceptors (Lipinski definition) is 2. The van der Waals surface area contributed by atoms with Crippen LogP contribution in [0.25, 0.3) is 0 Å². The Labute approximate surface area is 127 Å². The summed E-state index contributed by atoms with van der Waals surface area (Å²) < 4.78 is 1.95. The quantitative estimate of drug-likeness (QED) is 0.928. The zero-order valence-corrected chi connectivity index (χ0v) is 13.4. The van der Waals surface area contributed by atoms with E-state index in [9.17, 15) is 0 Å². The molecule has 0 aliphatic heterocycles. The minimum Gasteiger partial charge on any atom is -0.307 e. The Hall–Kier alpha value is -1.61. The van der Waals surface area contributed by atoms with E-state index in [4.69, 9.17) is 0 Å². The highest BCUT2D eigenvalue weighted by atomic mass is 15.3. The fraction of sp³-hybridized carbons (Fsp3) is 0.500. The van der Waals surface area contributed by atoms with Gasteiger partial charge in [0.2, 0.25) is 0 Å². The number of benzene rings is 1. The van der Waals surface area contributed by atoms with Gasteiger partial charge in [0.05, 0.1) is 6.20 Å². The fourth-order valence-corrected chi connectivity index (χ4v) is 3.33. The Morgan fingerprint density at radius 1 is 1.29 bits per heavy atom. The van der Waals surface area contributed by atoms with E-state index < -0.39 is 0 Å². The van der Waals surface area contributed by atoms with Crippen LogP contribution in [0.2, 0.25) is 0 Å². The van der Waals surface area contributed by atoms with Crippen LogP contribution in [0.1, 0.15) is 54.1 Å². The van der Waals surface area contributed by atoms with E-state index in [1.54, 1.807) is 0 Å². The molecule has 1 aliphatic carbocycles. The fourth-order valence-electron chi connectivity index (χ4n) is 3.33. The standard InChI is InChI=1S/C18H25N3/c1-12-6-5-7-15(8-12)16-9-17(10-16)20-13(2)18-11-19-21(4)14(18)3/h5-8,11,13,16-17,20H,9-10H2,1-4H3. The predicted octanol–water partition coefficient (Wildman–Crippen LogP) is 3.63. The van der Waals surface area contributed by atoms with Crippen LogP contribution in [0.4, 0.5) is 0 Å². The van der Waals surface area contributed by atoms with Gasteiger partial charge in [0.15, 0.2) is 0 Å². The largest absolute Gasteiger partial charge is 0.307 e. The highest BCUT2D eigenvalue weighted by Gasteiger charge is 2.31. The molecule has 1 N–H and O–H groups in total. The number of nitrogens with one attached hydrogen (secondary N) is 1. The Bertz CT molecular complexity index is 623. The third-order valence-corrected chi connectivity index (χ3v) is 4.88. The lowest BCUT2D eigenvalue weighted by Gasteiger charge is -2.38. The monoisotopic (exact) mass is 283 g/mol. The lowest BCUT2D eigenvalue weighted by atomic mass is 9.75. The molecule has 1 aromatic carbocycles. The van der Waals surface area contributed by atoms with Gasteiger partial charge in [-0.25, -0.2) is 0 Å². The minimum absolute atomic E-state index is 0.377. The van der Waals surface area contributed by atoms with Gasteiger partial charge in [-0.2, -0.15) is 5.10 Å². The smallest absolute Gasteiger partial charge is 0.0540 e. The molecule has 1 aromatic heterocycles. The van der Waals surface area contributed by atoms with Gasteiger partial charge in [-0.1, -0.05) is 29.8 Å². The van der Waals surface area contributed by atoms with E-state index in [0.29, 0.717) is 12.1 Å². The number of nitrogens with zero attached hydrogens (tertiary/aromatic N) is 2. The predicted molar refractivity (Wildman–Crippen MR) is 86.4 cm³/mol. The maximum atomic E-state index is 4.34. The summed E-state index contributed by atoms with van der Waals surface area (Å²) in [6, 6.07) is 9.95. The van der Waals surface area contributed by atoms with E-state index in [0.717, 1.165) is 5.92 Å². The van der Waals surface area contributed by atoms with Crippen molar-refractivity contribution in [2.75, 3.05) is 0 Å². The van der Waals surface area contributed by atoms with Gasteiger partial charge in [-0.05, 0) is 45.1 Å². The average molecular weight is 283 g/mol. The normalized spacial score (nSPS) is 22.9. The second kappa shape index (κ2) is 5.64. The molecule has 112 valence electrons. The molecular weight excluding hydrogens is 258 g/mol. The Morgan fingerprint density at radius 3 is 2.67 bits per heavy atom. The molecule has 1 aliphatic rings. The van der Waals surface area contributed by atoms with Crippen LogP contribution < -0.4 is 5.32 Å². The van der Waals surface area contributed by atoms with E-state index in [-0.39, 0.29) is 0 Å². The van der Waals surface area contributed by atoms with Gasteiger partial charge >= 0.3 is 0 Å². The lowest BCUT2D eigenvalue weighted by molar-refractivity contribution is 0.270. The van der Waals surface area contributed by atoms with Crippen molar-refractivity contribution >= 4 is 0 Å². The molecule has 0 spiro atoms. The van der Waals surface area contributed by atoms with E-state index in [2.05, 4.69) is 55.5 Å². The second-order valence-corrected chi connectivity index (χ2v) is 6.48. The zero-order valence-electron chi connectivity index (χ0n) is 13.4. The SMILES string of the molecule is Cc1cccc(C2CC(NC(C)c3cnn(C)c3C)C2)c1. The summed E-state index contributed by atoms with van der Waals surface area (Å²) in [5.41, 5.74) is 5.43. The van der Waals surface area contributed by atoms with Crippen molar-refractivity contribution in [1.29, 1.82) is 0 Å².